The lowest BCUT2D eigenvalue weighted by molar-refractivity contribution is 0.143. The largest absolute Gasteiger partial charge is 0.314 e. The molecule has 1 aliphatic heterocycles. The molecular formula is C32H36N2O2P2. The van der Waals surface area contributed by atoms with Gasteiger partial charge in [0.2, 0.25) is 0 Å². The Morgan fingerprint density at radius 3 is 0.895 bits per heavy atom. The molecule has 1 fully saturated rings. The molecule has 0 aliphatic carbocycles. The van der Waals surface area contributed by atoms with E-state index < -0.39 is 14.3 Å². The molecule has 0 spiro atoms. The molecule has 0 atom stereocenters. The third-order valence-corrected chi connectivity index (χ3v) is 13.8. The summed E-state index contributed by atoms with van der Waals surface area (Å²) in [6.45, 7) is 5.35. The molecule has 1 saturated heterocycles. The van der Waals surface area contributed by atoms with Crippen molar-refractivity contribution in [2.24, 2.45) is 0 Å². The SMILES string of the molecule is O=P(CCN1CCN(CCP(=O)(c2ccccc2)c2ccccc2)CC1)(c1ccccc1)c1ccccc1. The fourth-order valence-corrected chi connectivity index (χ4v) is 10.7. The quantitative estimate of drug-likeness (QED) is 0.274. The summed E-state index contributed by atoms with van der Waals surface area (Å²) in [5.41, 5.74) is 0. The first kappa shape index (κ1) is 26.9. The lowest BCUT2D eigenvalue weighted by Crippen LogP contribution is -2.48. The van der Waals surface area contributed by atoms with Crippen LogP contribution in [0.2, 0.25) is 0 Å². The molecule has 0 bridgehead atoms. The highest BCUT2D eigenvalue weighted by Gasteiger charge is 2.30. The lowest BCUT2D eigenvalue weighted by atomic mass is 10.3. The van der Waals surface area contributed by atoms with E-state index in [4.69, 9.17) is 0 Å². The molecular weight excluding hydrogens is 506 g/mol. The van der Waals surface area contributed by atoms with Crippen LogP contribution in [0.1, 0.15) is 0 Å². The van der Waals surface area contributed by atoms with Gasteiger partial charge in [-0.15, -0.1) is 0 Å². The van der Waals surface area contributed by atoms with E-state index in [0.29, 0.717) is 12.3 Å². The first-order chi connectivity index (χ1) is 18.6. The Morgan fingerprint density at radius 2 is 0.658 bits per heavy atom. The predicted octanol–water partition coefficient (Wildman–Crippen LogP) is 4.63. The number of piperazine rings is 1. The summed E-state index contributed by atoms with van der Waals surface area (Å²) < 4.78 is 28.7. The van der Waals surface area contributed by atoms with Crippen molar-refractivity contribution in [3.63, 3.8) is 0 Å². The van der Waals surface area contributed by atoms with Gasteiger partial charge in [0, 0.05) is 72.8 Å². The Balaban J connectivity index is 1.21. The van der Waals surface area contributed by atoms with Gasteiger partial charge in [-0.25, -0.2) is 0 Å². The smallest absolute Gasteiger partial charge is 0.144 e. The van der Waals surface area contributed by atoms with E-state index in [1.165, 1.54) is 0 Å². The minimum atomic E-state index is -2.70. The average molecular weight is 543 g/mol. The Labute approximate surface area is 227 Å². The average Bonchev–Trinajstić information content (AvgIpc) is 3.01. The summed E-state index contributed by atoms with van der Waals surface area (Å²) in [6, 6.07) is 39.8. The van der Waals surface area contributed by atoms with Crippen LogP contribution in [-0.2, 0) is 9.13 Å². The number of rotatable bonds is 10. The maximum Gasteiger partial charge on any atom is 0.144 e. The zero-order valence-corrected chi connectivity index (χ0v) is 23.6. The number of hydrogen-bond acceptors (Lipinski definition) is 4. The predicted molar refractivity (Wildman–Crippen MR) is 162 cm³/mol. The molecule has 0 amide bonds. The topological polar surface area (TPSA) is 40.6 Å². The third-order valence-electron chi connectivity index (χ3n) is 7.62. The van der Waals surface area contributed by atoms with Gasteiger partial charge in [-0.2, -0.15) is 0 Å². The van der Waals surface area contributed by atoms with E-state index in [-0.39, 0.29) is 0 Å². The summed E-state index contributed by atoms with van der Waals surface area (Å²) in [7, 11) is -5.40. The van der Waals surface area contributed by atoms with Crippen LogP contribution in [0.3, 0.4) is 0 Å². The molecule has 4 nitrogen and oxygen atoms in total. The molecule has 0 saturated carbocycles. The molecule has 5 rings (SSSR count). The zero-order chi connectivity index (χ0) is 26.3. The van der Waals surface area contributed by atoms with E-state index in [2.05, 4.69) is 9.80 Å². The van der Waals surface area contributed by atoms with Gasteiger partial charge in [0.15, 0.2) is 0 Å². The third kappa shape index (κ3) is 6.11. The summed E-state index contributed by atoms with van der Waals surface area (Å²) in [4.78, 5) is 4.87. The van der Waals surface area contributed by atoms with Crippen molar-refractivity contribution in [2.45, 2.75) is 0 Å². The molecule has 0 radical (unpaired) electrons. The van der Waals surface area contributed by atoms with Crippen LogP contribution in [0.5, 0.6) is 0 Å². The van der Waals surface area contributed by atoms with Gasteiger partial charge in [-0.1, -0.05) is 121 Å². The Hall–Kier alpha value is -2.74. The van der Waals surface area contributed by atoms with Crippen LogP contribution in [0, 0.1) is 0 Å². The first-order valence-corrected chi connectivity index (χ1v) is 17.2. The molecule has 4 aromatic rings. The van der Waals surface area contributed by atoms with Crippen molar-refractivity contribution in [1.82, 2.24) is 9.80 Å². The number of benzene rings is 4. The second-order valence-corrected chi connectivity index (χ2v) is 15.9. The molecule has 1 heterocycles. The highest BCUT2D eigenvalue weighted by molar-refractivity contribution is 7.79. The van der Waals surface area contributed by atoms with Crippen LogP contribution in [0.4, 0.5) is 0 Å². The zero-order valence-electron chi connectivity index (χ0n) is 21.8. The van der Waals surface area contributed by atoms with Crippen molar-refractivity contribution in [3.05, 3.63) is 121 Å². The highest BCUT2D eigenvalue weighted by atomic mass is 31.2. The van der Waals surface area contributed by atoms with E-state index in [9.17, 15) is 9.13 Å². The highest BCUT2D eigenvalue weighted by Crippen LogP contribution is 2.44. The monoisotopic (exact) mass is 542 g/mol. The molecule has 0 unspecified atom stereocenters. The van der Waals surface area contributed by atoms with Gasteiger partial charge in [0.1, 0.15) is 14.3 Å². The molecule has 38 heavy (non-hydrogen) atoms. The maximum absolute atomic E-state index is 14.3. The Morgan fingerprint density at radius 1 is 0.421 bits per heavy atom. The van der Waals surface area contributed by atoms with Crippen LogP contribution in [0.15, 0.2) is 121 Å². The van der Waals surface area contributed by atoms with Gasteiger partial charge in [0.05, 0.1) is 0 Å². The van der Waals surface area contributed by atoms with Crippen LogP contribution in [-0.4, -0.2) is 61.4 Å². The summed E-state index contributed by atoms with van der Waals surface area (Å²) in [6.07, 6.45) is 1.27. The fraction of sp³-hybridized carbons (Fsp3) is 0.250. The van der Waals surface area contributed by atoms with Crippen molar-refractivity contribution >= 4 is 35.5 Å². The molecule has 0 aromatic heterocycles. The normalized spacial score (nSPS) is 15.4. The van der Waals surface area contributed by atoms with Crippen LogP contribution < -0.4 is 21.2 Å². The van der Waals surface area contributed by atoms with Crippen molar-refractivity contribution in [1.29, 1.82) is 0 Å². The molecule has 0 N–H and O–H groups in total. The lowest BCUT2D eigenvalue weighted by Gasteiger charge is -2.36. The second-order valence-electron chi connectivity index (χ2n) is 9.95. The van der Waals surface area contributed by atoms with Crippen LogP contribution in [0.25, 0.3) is 0 Å². The first-order valence-electron chi connectivity index (χ1n) is 13.4. The van der Waals surface area contributed by atoms with E-state index in [1.54, 1.807) is 0 Å². The Bertz CT molecular complexity index is 1180. The number of nitrogens with zero attached hydrogens (tertiary/aromatic N) is 2. The van der Waals surface area contributed by atoms with E-state index in [1.807, 2.05) is 121 Å². The summed E-state index contributed by atoms with van der Waals surface area (Å²) in [5, 5.41) is 3.73. The van der Waals surface area contributed by atoms with Crippen LogP contribution >= 0.6 is 14.3 Å². The molecule has 6 heteroatoms. The van der Waals surface area contributed by atoms with Gasteiger partial charge in [-0.3, -0.25) is 0 Å². The summed E-state index contributed by atoms with van der Waals surface area (Å²) >= 11 is 0. The van der Waals surface area contributed by atoms with Crippen molar-refractivity contribution < 1.29 is 9.13 Å². The molecule has 4 aromatic carbocycles. The summed E-state index contributed by atoms with van der Waals surface area (Å²) in [5.74, 6) is 0. The van der Waals surface area contributed by atoms with Crippen molar-refractivity contribution in [2.75, 3.05) is 51.6 Å². The second kappa shape index (κ2) is 12.4. The number of hydrogen-bond donors (Lipinski definition) is 0. The van der Waals surface area contributed by atoms with Gasteiger partial charge in [0.25, 0.3) is 0 Å². The van der Waals surface area contributed by atoms with Crippen molar-refractivity contribution in [3.8, 4) is 0 Å². The van der Waals surface area contributed by atoms with Gasteiger partial charge in [-0.05, 0) is 0 Å². The standard InChI is InChI=1S/C32H36N2O2P2/c35-37(29-13-5-1-6-14-29,30-15-7-2-8-16-30)27-25-33-21-23-34(24-22-33)26-28-38(36,31-17-9-3-10-18-31)32-19-11-4-12-20-32/h1-20H,21-28H2. The van der Waals surface area contributed by atoms with E-state index >= 15 is 0 Å². The van der Waals surface area contributed by atoms with Gasteiger partial charge < -0.3 is 18.9 Å². The minimum Gasteiger partial charge on any atom is -0.314 e. The molecule has 196 valence electrons. The minimum absolute atomic E-state index is 0.637. The van der Waals surface area contributed by atoms with Gasteiger partial charge >= 0.3 is 0 Å². The van der Waals surface area contributed by atoms with E-state index in [0.717, 1.165) is 60.5 Å². The maximum atomic E-state index is 14.3. The Kier molecular flexibility index (Phi) is 8.77. The molecule has 1 aliphatic rings. The fourth-order valence-electron chi connectivity index (χ4n) is 5.29.